The topological polar surface area (TPSA) is 58.2 Å². The van der Waals surface area contributed by atoms with Crippen LogP contribution in [0, 0.1) is 5.92 Å². The zero-order valence-corrected chi connectivity index (χ0v) is 13.3. The molecule has 3 atom stereocenters. The summed E-state index contributed by atoms with van der Waals surface area (Å²) in [4.78, 5) is 24.1. The Morgan fingerprint density at radius 2 is 1.81 bits per heavy atom. The van der Waals surface area contributed by atoms with E-state index in [0.29, 0.717) is 6.42 Å². The summed E-state index contributed by atoms with van der Waals surface area (Å²) in [6.07, 6.45) is 1.46. The summed E-state index contributed by atoms with van der Waals surface area (Å²) in [5.41, 5.74) is 1.09. The Hall–Kier alpha value is -1.68. The molecule has 0 saturated heterocycles. The first kappa shape index (κ1) is 17.4. The van der Waals surface area contributed by atoms with Gasteiger partial charge in [0.25, 0.3) is 0 Å². The van der Waals surface area contributed by atoms with Crippen LogP contribution in [0.4, 0.5) is 0 Å². The number of amides is 1. The van der Waals surface area contributed by atoms with E-state index < -0.39 is 6.04 Å². The fraction of sp³-hybridized carbons (Fsp3) is 0.529. The molecule has 1 amide bonds. The summed E-state index contributed by atoms with van der Waals surface area (Å²) in [6.45, 7) is 5.53. The molecule has 0 aliphatic heterocycles. The van der Waals surface area contributed by atoms with Crippen LogP contribution in [0.2, 0.25) is 0 Å². The molecule has 0 spiro atoms. The predicted octanol–water partition coefficient (Wildman–Crippen LogP) is 1.94. The fourth-order valence-corrected chi connectivity index (χ4v) is 2.31. The molecule has 0 saturated carbocycles. The third kappa shape index (κ3) is 5.31. The minimum atomic E-state index is -0.408. The van der Waals surface area contributed by atoms with Crippen LogP contribution in [0.5, 0.6) is 0 Å². The maximum Gasteiger partial charge on any atom is 0.238 e. The number of benzene rings is 1. The lowest BCUT2D eigenvalue weighted by Gasteiger charge is -2.24. The number of likely N-dealkylation sites (N-methyl/N-ethyl adjacent to an activating group) is 1. The minimum Gasteiger partial charge on any atom is -0.345 e. The standard InChI is InChI=1S/C17H26N2O2/c1-5-12(2)16(13(3)20)19-17(21)15(18-4)11-14-9-7-6-8-10-14/h6-10,12,15-16,18H,5,11H2,1-4H3,(H,19,21)/t12-,15-,16-/m0/s1. The fourth-order valence-electron chi connectivity index (χ4n) is 2.31. The highest BCUT2D eigenvalue weighted by Gasteiger charge is 2.26. The van der Waals surface area contributed by atoms with Gasteiger partial charge in [-0.15, -0.1) is 0 Å². The van der Waals surface area contributed by atoms with Crippen molar-refractivity contribution in [3.8, 4) is 0 Å². The van der Waals surface area contributed by atoms with Crippen molar-refractivity contribution in [2.24, 2.45) is 5.92 Å². The van der Waals surface area contributed by atoms with E-state index in [2.05, 4.69) is 10.6 Å². The highest BCUT2D eigenvalue weighted by molar-refractivity contribution is 5.90. The normalized spacial score (nSPS) is 15.0. The average molecular weight is 290 g/mol. The summed E-state index contributed by atoms with van der Waals surface area (Å²) in [5, 5.41) is 5.92. The van der Waals surface area contributed by atoms with Crippen molar-refractivity contribution in [1.29, 1.82) is 0 Å². The summed E-state index contributed by atoms with van der Waals surface area (Å²) < 4.78 is 0. The molecule has 1 aromatic rings. The predicted molar refractivity (Wildman–Crippen MR) is 85.1 cm³/mol. The van der Waals surface area contributed by atoms with E-state index in [4.69, 9.17) is 0 Å². The maximum atomic E-state index is 12.4. The molecule has 0 bridgehead atoms. The van der Waals surface area contributed by atoms with Crippen LogP contribution in [0.3, 0.4) is 0 Å². The molecular formula is C17H26N2O2. The molecule has 0 unspecified atom stereocenters. The van der Waals surface area contributed by atoms with Gasteiger partial charge in [0, 0.05) is 0 Å². The van der Waals surface area contributed by atoms with Crippen LogP contribution in [0.1, 0.15) is 32.8 Å². The average Bonchev–Trinajstić information content (AvgIpc) is 2.49. The lowest BCUT2D eigenvalue weighted by atomic mass is 9.95. The summed E-state index contributed by atoms with van der Waals surface area (Å²) >= 11 is 0. The number of rotatable bonds is 8. The van der Waals surface area contributed by atoms with E-state index in [-0.39, 0.29) is 23.7 Å². The summed E-state index contributed by atoms with van der Waals surface area (Å²) in [5.74, 6) is 0.0230. The summed E-state index contributed by atoms with van der Waals surface area (Å²) in [6, 6.07) is 9.11. The highest BCUT2D eigenvalue weighted by Crippen LogP contribution is 2.10. The Balaban J connectivity index is 2.72. The molecule has 2 N–H and O–H groups in total. The van der Waals surface area contributed by atoms with Crippen molar-refractivity contribution in [3.05, 3.63) is 35.9 Å². The highest BCUT2D eigenvalue weighted by atomic mass is 16.2. The first-order valence-corrected chi connectivity index (χ1v) is 7.51. The van der Waals surface area contributed by atoms with Gasteiger partial charge in [0.2, 0.25) is 5.91 Å². The molecule has 0 aliphatic carbocycles. The van der Waals surface area contributed by atoms with E-state index in [0.717, 1.165) is 12.0 Å². The van der Waals surface area contributed by atoms with E-state index in [9.17, 15) is 9.59 Å². The van der Waals surface area contributed by atoms with Crippen molar-refractivity contribution in [3.63, 3.8) is 0 Å². The minimum absolute atomic E-state index is 0.00673. The monoisotopic (exact) mass is 290 g/mol. The van der Waals surface area contributed by atoms with E-state index in [1.54, 1.807) is 7.05 Å². The first-order chi connectivity index (χ1) is 9.99. The molecular weight excluding hydrogens is 264 g/mol. The molecule has 4 nitrogen and oxygen atoms in total. The first-order valence-electron chi connectivity index (χ1n) is 7.51. The van der Waals surface area contributed by atoms with E-state index in [1.165, 1.54) is 6.92 Å². The molecule has 116 valence electrons. The Bertz CT molecular complexity index is 459. The number of nitrogens with one attached hydrogen (secondary N) is 2. The third-order valence-corrected chi connectivity index (χ3v) is 3.90. The van der Waals surface area contributed by atoms with Crippen molar-refractivity contribution in [2.45, 2.75) is 45.7 Å². The largest absolute Gasteiger partial charge is 0.345 e. The Labute approximate surface area is 127 Å². The van der Waals surface area contributed by atoms with Crippen LogP contribution in [0.25, 0.3) is 0 Å². The van der Waals surface area contributed by atoms with Gasteiger partial charge < -0.3 is 10.6 Å². The lowest BCUT2D eigenvalue weighted by molar-refractivity contribution is -0.129. The molecule has 0 aromatic heterocycles. The zero-order valence-electron chi connectivity index (χ0n) is 13.3. The molecule has 0 heterocycles. The second kappa shape index (κ2) is 8.57. The van der Waals surface area contributed by atoms with Gasteiger partial charge in [0.15, 0.2) is 5.78 Å². The van der Waals surface area contributed by atoms with Gasteiger partial charge in [-0.3, -0.25) is 9.59 Å². The number of hydrogen-bond donors (Lipinski definition) is 2. The van der Waals surface area contributed by atoms with Gasteiger partial charge in [-0.2, -0.15) is 0 Å². The van der Waals surface area contributed by atoms with Crippen LogP contribution in [-0.4, -0.2) is 30.8 Å². The molecule has 0 aliphatic rings. The van der Waals surface area contributed by atoms with E-state index >= 15 is 0 Å². The van der Waals surface area contributed by atoms with Crippen LogP contribution < -0.4 is 10.6 Å². The quantitative estimate of drug-likeness (QED) is 0.769. The zero-order chi connectivity index (χ0) is 15.8. The van der Waals surface area contributed by atoms with Gasteiger partial charge >= 0.3 is 0 Å². The second-order valence-corrected chi connectivity index (χ2v) is 5.51. The van der Waals surface area contributed by atoms with Crippen LogP contribution in [-0.2, 0) is 16.0 Å². The number of ketones is 1. The Morgan fingerprint density at radius 3 is 2.29 bits per heavy atom. The van der Waals surface area contributed by atoms with E-state index in [1.807, 2.05) is 44.2 Å². The number of carbonyl (C=O) groups is 2. The SMILES string of the molecule is CC[C@H](C)[C@H](NC(=O)[C@H](Cc1ccccc1)NC)C(C)=O. The van der Waals surface area contributed by atoms with Gasteiger partial charge in [-0.1, -0.05) is 50.6 Å². The third-order valence-electron chi connectivity index (χ3n) is 3.90. The number of hydrogen-bond acceptors (Lipinski definition) is 3. The lowest BCUT2D eigenvalue weighted by Crippen LogP contribution is -2.51. The number of carbonyl (C=O) groups excluding carboxylic acids is 2. The molecule has 4 heteroatoms. The second-order valence-electron chi connectivity index (χ2n) is 5.51. The van der Waals surface area contributed by atoms with Crippen molar-refractivity contribution < 1.29 is 9.59 Å². The van der Waals surface area contributed by atoms with Gasteiger partial charge in [-0.05, 0) is 31.9 Å². The van der Waals surface area contributed by atoms with Gasteiger partial charge in [-0.25, -0.2) is 0 Å². The molecule has 0 fully saturated rings. The maximum absolute atomic E-state index is 12.4. The number of Topliss-reactive ketones (excluding diaryl/α,β-unsaturated/α-hetero) is 1. The summed E-state index contributed by atoms with van der Waals surface area (Å²) in [7, 11) is 1.76. The van der Waals surface area contributed by atoms with Crippen molar-refractivity contribution in [1.82, 2.24) is 10.6 Å². The molecule has 0 radical (unpaired) electrons. The Kier molecular flexibility index (Phi) is 7.09. The van der Waals surface area contributed by atoms with Crippen LogP contribution >= 0.6 is 0 Å². The Morgan fingerprint density at radius 1 is 1.19 bits per heavy atom. The van der Waals surface area contributed by atoms with Gasteiger partial charge in [0.05, 0.1) is 12.1 Å². The molecule has 21 heavy (non-hydrogen) atoms. The van der Waals surface area contributed by atoms with Gasteiger partial charge in [0.1, 0.15) is 0 Å². The van der Waals surface area contributed by atoms with Crippen LogP contribution in [0.15, 0.2) is 30.3 Å². The smallest absolute Gasteiger partial charge is 0.238 e. The molecule has 1 aromatic carbocycles. The van der Waals surface area contributed by atoms with Crippen molar-refractivity contribution in [2.75, 3.05) is 7.05 Å². The molecule has 1 rings (SSSR count). The van der Waals surface area contributed by atoms with Crippen molar-refractivity contribution >= 4 is 11.7 Å².